The van der Waals surface area contributed by atoms with Crippen LogP contribution in [0.1, 0.15) is 30.9 Å². The highest BCUT2D eigenvalue weighted by Gasteiger charge is 2.13. The molecule has 0 amide bonds. The molecule has 0 saturated heterocycles. The van der Waals surface area contributed by atoms with E-state index in [0.29, 0.717) is 6.54 Å². The Morgan fingerprint density at radius 3 is 2.90 bits per heavy atom. The lowest BCUT2D eigenvalue weighted by molar-refractivity contribution is 0.495. The van der Waals surface area contributed by atoms with Crippen molar-refractivity contribution in [1.29, 1.82) is 0 Å². The van der Waals surface area contributed by atoms with Crippen LogP contribution < -0.4 is 5.32 Å². The summed E-state index contributed by atoms with van der Waals surface area (Å²) in [5, 5.41) is 5.34. The fourth-order valence-corrected chi connectivity index (χ4v) is 2.69. The number of imidazole rings is 1. The minimum Gasteiger partial charge on any atom is -0.356 e. The summed E-state index contributed by atoms with van der Waals surface area (Å²) in [7, 11) is 0. The average molecular weight is 289 g/mol. The zero-order valence-corrected chi connectivity index (χ0v) is 12.0. The Bertz CT molecular complexity index is 687. The van der Waals surface area contributed by atoms with E-state index in [1.807, 2.05) is 30.5 Å². The van der Waals surface area contributed by atoms with Crippen LogP contribution >= 0.6 is 11.6 Å². The molecule has 3 aromatic rings. The fourth-order valence-electron chi connectivity index (χ4n) is 2.41. The van der Waals surface area contributed by atoms with Gasteiger partial charge in [0.15, 0.2) is 0 Å². The summed E-state index contributed by atoms with van der Waals surface area (Å²) in [5.41, 5.74) is 2.08. The first-order valence-electron chi connectivity index (χ1n) is 6.77. The molecule has 0 aliphatic carbocycles. The number of aromatic amines is 2. The van der Waals surface area contributed by atoms with E-state index in [1.165, 1.54) is 0 Å². The predicted octanol–water partition coefficient (Wildman–Crippen LogP) is 3.79. The van der Waals surface area contributed by atoms with Crippen LogP contribution in [0.25, 0.3) is 10.9 Å². The molecular formula is C15H17ClN4. The molecule has 2 aromatic heterocycles. The van der Waals surface area contributed by atoms with Crippen molar-refractivity contribution in [3.05, 3.63) is 53.2 Å². The molecule has 3 rings (SSSR count). The van der Waals surface area contributed by atoms with E-state index in [-0.39, 0.29) is 6.04 Å². The van der Waals surface area contributed by atoms with E-state index < -0.39 is 0 Å². The smallest absolute Gasteiger partial charge is 0.123 e. The van der Waals surface area contributed by atoms with Crippen LogP contribution in [0.15, 0.2) is 36.7 Å². The molecule has 0 aliphatic heterocycles. The highest BCUT2D eigenvalue weighted by Crippen LogP contribution is 2.27. The normalized spacial score (nSPS) is 12.9. The second kappa shape index (κ2) is 5.69. The van der Waals surface area contributed by atoms with Crippen molar-refractivity contribution in [2.75, 3.05) is 0 Å². The molecule has 5 heteroatoms. The summed E-state index contributed by atoms with van der Waals surface area (Å²) in [4.78, 5) is 10.8. The number of rotatable bonds is 5. The van der Waals surface area contributed by atoms with Gasteiger partial charge < -0.3 is 15.3 Å². The SMILES string of the molecule is CCC(NCc1[nH]c2ccccc2c1Cl)c1ncc[nH]1. The number of hydrogen-bond acceptors (Lipinski definition) is 2. The van der Waals surface area contributed by atoms with Gasteiger partial charge in [0.25, 0.3) is 0 Å². The van der Waals surface area contributed by atoms with Crippen molar-refractivity contribution >= 4 is 22.5 Å². The first-order valence-corrected chi connectivity index (χ1v) is 7.15. The molecule has 4 nitrogen and oxygen atoms in total. The lowest BCUT2D eigenvalue weighted by atomic mass is 10.2. The Kier molecular flexibility index (Phi) is 3.76. The van der Waals surface area contributed by atoms with E-state index in [0.717, 1.165) is 33.9 Å². The fraction of sp³-hybridized carbons (Fsp3) is 0.267. The van der Waals surface area contributed by atoms with Crippen molar-refractivity contribution in [3.8, 4) is 0 Å². The van der Waals surface area contributed by atoms with E-state index in [1.54, 1.807) is 6.20 Å². The average Bonchev–Trinajstić information content (AvgIpc) is 3.10. The Hall–Kier alpha value is -1.78. The molecular weight excluding hydrogens is 272 g/mol. The molecule has 3 N–H and O–H groups in total. The largest absolute Gasteiger partial charge is 0.356 e. The standard InChI is InChI=1S/C15H17ClN4/c1-2-11(15-17-7-8-18-15)19-9-13-14(16)10-5-3-4-6-12(10)20-13/h3-8,11,19-20H,2,9H2,1H3,(H,17,18). The third-order valence-electron chi connectivity index (χ3n) is 3.50. The molecule has 1 unspecified atom stereocenters. The minimum absolute atomic E-state index is 0.201. The molecule has 1 aromatic carbocycles. The second-order valence-electron chi connectivity index (χ2n) is 4.78. The molecule has 0 bridgehead atoms. The summed E-state index contributed by atoms with van der Waals surface area (Å²) in [6.07, 6.45) is 4.58. The summed E-state index contributed by atoms with van der Waals surface area (Å²) < 4.78 is 0. The number of nitrogens with zero attached hydrogens (tertiary/aromatic N) is 1. The maximum Gasteiger partial charge on any atom is 0.123 e. The molecule has 0 radical (unpaired) electrons. The molecule has 1 atom stereocenters. The van der Waals surface area contributed by atoms with E-state index >= 15 is 0 Å². The summed E-state index contributed by atoms with van der Waals surface area (Å²) in [6.45, 7) is 2.82. The van der Waals surface area contributed by atoms with Crippen LogP contribution in [-0.2, 0) is 6.54 Å². The molecule has 20 heavy (non-hydrogen) atoms. The van der Waals surface area contributed by atoms with Crippen LogP contribution in [0.2, 0.25) is 5.02 Å². The first kappa shape index (κ1) is 13.2. The third kappa shape index (κ3) is 2.44. The van der Waals surface area contributed by atoms with Gasteiger partial charge in [-0.2, -0.15) is 0 Å². The summed E-state index contributed by atoms with van der Waals surface area (Å²) >= 11 is 6.41. The van der Waals surface area contributed by atoms with Gasteiger partial charge in [0, 0.05) is 35.5 Å². The van der Waals surface area contributed by atoms with Gasteiger partial charge in [-0.15, -0.1) is 0 Å². The topological polar surface area (TPSA) is 56.5 Å². The highest BCUT2D eigenvalue weighted by atomic mass is 35.5. The lowest BCUT2D eigenvalue weighted by Gasteiger charge is -2.14. The quantitative estimate of drug-likeness (QED) is 0.669. The van der Waals surface area contributed by atoms with Crippen LogP contribution in [0.5, 0.6) is 0 Å². The number of hydrogen-bond donors (Lipinski definition) is 3. The third-order valence-corrected chi connectivity index (χ3v) is 3.93. The second-order valence-corrected chi connectivity index (χ2v) is 5.16. The number of benzene rings is 1. The molecule has 2 heterocycles. The van der Waals surface area contributed by atoms with Gasteiger partial charge in [-0.1, -0.05) is 36.7 Å². The highest BCUT2D eigenvalue weighted by molar-refractivity contribution is 6.36. The van der Waals surface area contributed by atoms with Gasteiger partial charge in [0.2, 0.25) is 0 Å². The number of halogens is 1. The van der Waals surface area contributed by atoms with E-state index in [4.69, 9.17) is 11.6 Å². The van der Waals surface area contributed by atoms with Crippen molar-refractivity contribution in [2.45, 2.75) is 25.9 Å². The maximum atomic E-state index is 6.41. The Balaban J connectivity index is 1.78. The molecule has 0 aliphatic rings. The van der Waals surface area contributed by atoms with Crippen LogP contribution in [0.4, 0.5) is 0 Å². The Labute approximate surface area is 122 Å². The number of H-pyrrole nitrogens is 2. The predicted molar refractivity (Wildman–Crippen MR) is 81.8 cm³/mol. The molecule has 0 saturated carbocycles. The van der Waals surface area contributed by atoms with Crippen LogP contribution in [0.3, 0.4) is 0 Å². The van der Waals surface area contributed by atoms with E-state index in [2.05, 4.69) is 27.2 Å². The van der Waals surface area contributed by atoms with Gasteiger partial charge in [-0.3, -0.25) is 0 Å². The van der Waals surface area contributed by atoms with Crippen molar-refractivity contribution in [2.24, 2.45) is 0 Å². The minimum atomic E-state index is 0.201. The zero-order valence-electron chi connectivity index (χ0n) is 11.3. The first-order chi connectivity index (χ1) is 9.79. The van der Waals surface area contributed by atoms with Gasteiger partial charge in [-0.05, 0) is 12.5 Å². The van der Waals surface area contributed by atoms with Gasteiger partial charge >= 0.3 is 0 Å². The number of aromatic nitrogens is 3. The van der Waals surface area contributed by atoms with Crippen molar-refractivity contribution in [1.82, 2.24) is 20.3 Å². The summed E-state index contributed by atoms with van der Waals surface area (Å²) in [6, 6.07) is 8.27. The maximum absolute atomic E-state index is 6.41. The molecule has 0 fully saturated rings. The van der Waals surface area contributed by atoms with Gasteiger partial charge in [0.05, 0.1) is 11.1 Å². The van der Waals surface area contributed by atoms with Crippen LogP contribution in [0, 0.1) is 0 Å². The lowest BCUT2D eigenvalue weighted by Crippen LogP contribution is -2.21. The zero-order chi connectivity index (χ0) is 13.9. The Morgan fingerprint density at radius 1 is 1.35 bits per heavy atom. The number of para-hydroxylation sites is 1. The molecule has 0 spiro atoms. The van der Waals surface area contributed by atoms with Crippen molar-refractivity contribution < 1.29 is 0 Å². The molecule has 104 valence electrons. The summed E-state index contributed by atoms with van der Waals surface area (Å²) in [5.74, 6) is 0.958. The van der Waals surface area contributed by atoms with Crippen molar-refractivity contribution in [3.63, 3.8) is 0 Å². The number of fused-ring (bicyclic) bond motifs is 1. The number of nitrogens with one attached hydrogen (secondary N) is 3. The van der Waals surface area contributed by atoms with E-state index in [9.17, 15) is 0 Å². The van der Waals surface area contributed by atoms with Crippen LogP contribution in [-0.4, -0.2) is 15.0 Å². The monoisotopic (exact) mass is 288 g/mol. The van der Waals surface area contributed by atoms with Gasteiger partial charge in [0.1, 0.15) is 5.82 Å². The van der Waals surface area contributed by atoms with Gasteiger partial charge in [-0.25, -0.2) is 4.98 Å². The Morgan fingerprint density at radius 2 is 2.20 bits per heavy atom.